The molecule has 0 heterocycles. The summed E-state index contributed by atoms with van der Waals surface area (Å²) >= 11 is 24.1. The topological polar surface area (TPSA) is 386 Å². The van der Waals surface area contributed by atoms with Crippen LogP contribution in [0.5, 0.6) is 0 Å². The van der Waals surface area contributed by atoms with Gasteiger partial charge in [0.2, 0.25) is 0 Å². The van der Waals surface area contributed by atoms with Gasteiger partial charge in [-0.15, -0.1) is 0 Å². The van der Waals surface area contributed by atoms with Crippen molar-refractivity contribution in [3.8, 4) is 0 Å². The standard InChI is InChI=1S/2C5H12O4.6C5H10O2S/c2*6-1-5(2-7,3-8)4-9;6*1-4(8)2-3-5(6)7/h2*6-9H,1-4H2;6*4,8H,2-3H2,1H3,(H,6,7). The fourth-order valence-corrected chi connectivity index (χ4v) is 3.37. The normalized spacial score (nSPS) is 12.9. The molecule has 14 N–H and O–H groups in total. The maximum absolute atomic E-state index is 9.87. The first-order chi connectivity index (χ1) is 30.2. The fraction of sp³-hybridized carbons (Fsp3) is 0.850. The van der Waals surface area contributed by atoms with Crippen LogP contribution in [0.1, 0.15) is 119 Å². The molecule has 0 saturated heterocycles. The highest BCUT2D eigenvalue weighted by Gasteiger charge is 2.27. The van der Waals surface area contributed by atoms with E-state index in [0.717, 1.165) is 0 Å². The van der Waals surface area contributed by atoms with E-state index in [1.54, 1.807) is 0 Å². The number of rotatable bonds is 26. The monoisotopic (exact) mass is 1080 g/mol. The Morgan fingerprint density at radius 3 is 0.394 bits per heavy atom. The second-order valence-electron chi connectivity index (χ2n) is 15.0. The summed E-state index contributed by atoms with van der Waals surface area (Å²) in [6, 6.07) is 0. The molecular weight excluding hydrogens is 993 g/mol. The van der Waals surface area contributed by atoms with Crippen molar-refractivity contribution in [2.45, 2.75) is 150 Å². The molecule has 0 bridgehead atoms. The third-order valence-electron chi connectivity index (χ3n) is 7.34. The van der Waals surface area contributed by atoms with E-state index in [4.69, 9.17) is 71.5 Å². The number of aliphatic hydroxyl groups is 8. The van der Waals surface area contributed by atoms with Crippen LogP contribution in [0.4, 0.5) is 0 Å². The minimum atomic E-state index is -1.11. The predicted molar refractivity (Wildman–Crippen MR) is 273 cm³/mol. The van der Waals surface area contributed by atoms with Crippen LogP contribution in [-0.2, 0) is 28.8 Å². The molecule has 400 valence electrons. The Balaban J connectivity index is -0.0000000971. The van der Waals surface area contributed by atoms with Crippen LogP contribution in [0.2, 0.25) is 0 Å². The molecule has 0 aromatic rings. The minimum absolute atomic E-state index is 0.200. The third kappa shape index (κ3) is 85.9. The van der Waals surface area contributed by atoms with Gasteiger partial charge in [0.1, 0.15) is 0 Å². The molecule has 0 radical (unpaired) electrons. The first-order valence-corrected chi connectivity index (χ1v) is 23.6. The van der Waals surface area contributed by atoms with Gasteiger partial charge >= 0.3 is 35.8 Å². The van der Waals surface area contributed by atoms with Crippen LogP contribution in [0.15, 0.2) is 0 Å². The number of hydrogen-bond donors (Lipinski definition) is 20. The van der Waals surface area contributed by atoms with Gasteiger partial charge < -0.3 is 71.5 Å². The number of aliphatic carboxylic acids is 6. The van der Waals surface area contributed by atoms with Crippen molar-refractivity contribution in [3.05, 3.63) is 0 Å². The lowest BCUT2D eigenvalue weighted by Gasteiger charge is -2.23. The van der Waals surface area contributed by atoms with Crippen molar-refractivity contribution in [2.75, 3.05) is 52.9 Å². The van der Waals surface area contributed by atoms with Crippen molar-refractivity contribution in [2.24, 2.45) is 10.8 Å². The number of thiol groups is 6. The predicted octanol–water partition coefficient (Wildman–Crippen LogP) is 2.90. The lowest BCUT2D eigenvalue weighted by atomic mass is 9.93. The first kappa shape index (κ1) is 81.6. The Hall–Kier alpha value is -1.40. The average Bonchev–Trinajstić information content (AvgIpc) is 3.23. The van der Waals surface area contributed by atoms with Gasteiger partial charge in [0, 0.05) is 38.5 Å². The van der Waals surface area contributed by atoms with Crippen LogP contribution in [0, 0.1) is 10.8 Å². The van der Waals surface area contributed by atoms with Gasteiger partial charge in [0.15, 0.2) is 0 Å². The lowest BCUT2D eigenvalue weighted by molar-refractivity contribution is -0.138. The summed E-state index contributed by atoms with van der Waals surface area (Å²) in [4.78, 5) is 59.2. The van der Waals surface area contributed by atoms with Gasteiger partial charge in [-0.2, -0.15) is 75.8 Å². The van der Waals surface area contributed by atoms with Crippen molar-refractivity contribution >= 4 is 112 Å². The molecule has 26 heteroatoms. The smallest absolute Gasteiger partial charge is 0.303 e. The van der Waals surface area contributed by atoms with Gasteiger partial charge in [0.25, 0.3) is 0 Å². The Morgan fingerprint density at radius 1 is 0.288 bits per heavy atom. The molecule has 0 saturated carbocycles. The molecule has 20 nitrogen and oxygen atoms in total. The summed E-state index contributed by atoms with van der Waals surface area (Å²) in [7, 11) is 0. The van der Waals surface area contributed by atoms with Crippen LogP contribution in [0.3, 0.4) is 0 Å². The third-order valence-corrected chi connectivity index (χ3v) is 8.89. The summed E-state index contributed by atoms with van der Waals surface area (Å²) in [5, 5.41) is 118. The highest BCUT2D eigenvalue weighted by atomic mass is 32.1. The van der Waals surface area contributed by atoms with Gasteiger partial charge in [0.05, 0.1) is 63.7 Å². The second kappa shape index (κ2) is 56.2. The van der Waals surface area contributed by atoms with Crippen molar-refractivity contribution in [3.63, 3.8) is 0 Å². The summed E-state index contributed by atoms with van der Waals surface area (Å²) in [6.45, 7) is 8.04. The van der Waals surface area contributed by atoms with Crippen LogP contribution < -0.4 is 0 Å². The Labute approximate surface area is 423 Å². The SMILES string of the molecule is CC(S)CCC(=O)O.CC(S)CCC(=O)O.CC(S)CCC(=O)O.CC(S)CCC(=O)O.CC(S)CCC(=O)O.CC(S)CCC(=O)O.OCC(CO)(CO)CO.OCC(CO)(CO)CO. The summed E-state index contributed by atoms with van der Waals surface area (Å²) in [5.41, 5.74) is -2.22. The van der Waals surface area contributed by atoms with Crippen LogP contribution >= 0.6 is 75.8 Å². The van der Waals surface area contributed by atoms with Crippen molar-refractivity contribution < 1.29 is 100 Å². The maximum atomic E-state index is 9.87. The van der Waals surface area contributed by atoms with Crippen LogP contribution in [0.25, 0.3) is 0 Å². The van der Waals surface area contributed by atoms with Gasteiger partial charge in [-0.3, -0.25) is 28.8 Å². The number of aliphatic hydroxyl groups excluding tert-OH is 8. The van der Waals surface area contributed by atoms with E-state index in [9.17, 15) is 28.8 Å². The van der Waals surface area contributed by atoms with Gasteiger partial charge in [-0.25, -0.2) is 0 Å². The van der Waals surface area contributed by atoms with Crippen molar-refractivity contribution in [1.29, 1.82) is 0 Å². The molecule has 0 aromatic heterocycles. The van der Waals surface area contributed by atoms with Gasteiger partial charge in [-0.1, -0.05) is 41.5 Å². The molecule has 0 rings (SSSR count). The molecule has 0 aromatic carbocycles. The van der Waals surface area contributed by atoms with E-state index < -0.39 is 99.5 Å². The zero-order valence-electron chi connectivity index (χ0n) is 39.0. The van der Waals surface area contributed by atoms with E-state index in [0.29, 0.717) is 38.5 Å². The highest BCUT2D eigenvalue weighted by molar-refractivity contribution is 7.81. The number of carboxylic acid groups (broad SMARTS) is 6. The molecule has 6 atom stereocenters. The average molecular weight is 1080 g/mol. The van der Waals surface area contributed by atoms with E-state index in [-0.39, 0.29) is 70.0 Å². The first-order valence-electron chi connectivity index (χ1n) is 20.5. The molecular formula is C40H84O20S6. The molecule has 0 amide bonds. The van der Waals surface area contributed by atoms with Gasteiger partial charge in [-0.05, 0) is 70.0 Å². The molecule has 0 spiro atoms. The number of carboxylic acids is 6. The second-order valence-corrected chi connectivity index (χ2v) is 20.2. The fourth-order valence-electron chi connectivity index (χ4n) is 2.59. The summed E-state index contributed by atoms with van der Waals surface area (Å²) in [5.74, 6) is -4.47. The van der Waals surface area contributed by atoms with E-state index >= 15 is 0 Å². The Kier molecular flexibility index (Phi) is 69.4. The summed E-state index contributed by atoms with van der Waals surface area (Å²) < 4.78 is 0. The minimum Gasteiger partial charge on any atom is -0.481 e. The quantitative estimate of drug-likeness (QED) is 0.0554. The maximum Gasteiger partial charge on any atom is 0.303 e. The lowest BCUT2D eigenvalue weighted by Crippen LogP contribution is -2.37. The number of hydrogen-bond acceptors (Lipinski definition) is 20. The van der Waals surface area contributed by atoms with E-state index in [2.05, 4.69) is 75.8 Å². The zero-order chi connectivity index (χ0) is 54.1. The van der Waals surface area contributed by atoms with E-state index in [1.807, 2.05) is 41.5 Å². The Morgan fingerprint density at radius 2 is 0.379 bits per heavy atom. The number of carbonyl (C=O) groups is 6. The highest BCUT2D eigenvalue weighted by Crippen LogP contribution is 2.13. The van der Waals surface area contributed by atoms with E-state index in [1.165, 1.54) is 0 Å². The Bertz CT molecular complexity index is 916. The molecule has 6 unspecified atom stereocenters. The van der Waals surface area contributed by atoms with Crippen LogP contribution in [-0.4, -0.2) is 192 Å². The molecule has 0 aliphatic heterocycles. The largest absolute Gasteiger partial charge is 0.481 e. The molecule has 0 fully saturated rings. The molecule has 0 aliphatic rings. The zero-order valence-corrected chi connectivity index (χ0v) is 44.4. The molecule has 0 aliphatic carbocycles. The molecule has 66 heavy (non-hydrogen) atoms. The summed E-state index contributed by atoms with van der Waals surface area (Å²) in [6.07, 6.45) is 5.27. The van der Waals surface area contributed by atoms with Crippen molar-refractivity contribution in [1.82, 2.24) is 0 Å².